The highest BCUT2D eigenvalue weighted by Crippen LogP contribution is 2.31. The van der Waals surface area contributed by atoms with Crippen molar-refractivity contribution >= 4 is 11.3 Å². The van der Waals surface area contributed by atoms with Crippen molar-refractivity contribution in [3.8, 4) is 5.75 Å². The number of quaternary nitrogens is 1. The molecule has 2 aromatic heterocycles. The lowest BCUT2D eigenvalue weighted by Crippen LogP contribution is -3.12. The monoisotopic (exact) mass is 391 g/mol. The number of alkyl halides is 3. The number of benzene rings is 1. The van der Waals surface area contributed by atoms with Crippen LogP contribution in [0.5, 0.6) is 5.75 Å². The summed E-state index contributed by atoms with van der Waals surface area (Å²) in [6, 6.07) is 14.3. The molecule has 0 bridgehead atoms. The third-order valence-corrected chi connectivity index (χ3v) is 5.75. The maximum atomic E-state index is 12.4. The number of hydrogen-bond donors (Lipinski definition) is 1. The Labute approximate surface area is 159 Å². The normalized spacial score (nSPS) is 19.5. The molecule has 0 saturated carbocycles. The maximum absolute atomic E-state index is 12.4. The molecule has 0 radical (unpaired) electrons. The second kappa shape index (κ2) is 7.32. The lowest BCUT2D eigenvalue weighted by atomic mass is 9.93. The standard InChI is InChI=1S/C20H17F3N2OS/c21-20(22,23)26-16-6-4-14(5-7-16)19-17-9-12-27-18(17)8-11-25(19)13-15-3-1-2-10-24-15/h1-7,9-10,12,19H,8,11,13H2/p+1/t19-/m0/s1. The zero-order chi connectivity index (χ0) is 18.9. The van der Waals surface area contributed by atoms with Crippen molar-refractivity contribution in [2.75, 3.05) is 6.54 Å². The molecule has 0 amide bonds. The average molecular weight is 391 g/mol. The van der Waals surface area contributed by atoms with Crippen LogP contribution in [-0.4, -0.2) is 17.9 Å². The number of fused-ring (bicyclic) bond motifs is 1. The number of rotatable bonds is 4. The van der Waals surface area contributed by atoms with Crippen LogP contribution in [-0.2, 0) is 13.0 Å². The predicted molar refractivity (Wildman–Crippen MR) is 96.8 cm³/mol. The molecule has 1 N–H and O–H groups in total. The van der Waals surface area contributed by atoms with Gasteiger partial charge in [0.2, 0.25) is 0 Å². The molecule has 0 aliphatic carbocycles. The van der Waals surface area contributed by atoms with Crippen LogP contribution < -0.4 is 9.64 Å². The van der Waals surface area contributed by atoms with Crippen LogP contribution in [0.1, 0.15) is 27.7 Å². The van der Waals surface area contributed by atoms with Gasteiger partial charge in [0.15, 0.2) is 0 Å². The average Bonchev–Trinajstić information content (AvgIpc) is 3.11. The maximum Gasteiger partial charge on any atom is 0.573 e. The van der Waals surface area contributed by atoms with Crippen LogP contribution in [0.4, 0.5) is 13.2 Å². The molecule has 3 nitrogen and oxygen atoms in total. The summed E-state index contributed by atoms with van der Waals surface area (Å²) in [5, 5.41) is 2.09. The Morgan fingerprint density at radius 2 is 1.93 bits per heavy atom. The van der Waals surface area contributed by atoms with E-state index < -0.39 is 6.36 Å². The minimum Gasteiger partial charge on any atom is -0.406 e. The predicted octanol–water partition coefficient (Wildman–Crippen LogP) is 3.77. The fraction of sp³-hybridized carbons (Fsp3) is 0.250. The van der Waals surface area contributed by atoms with Crippen LogP contribution in [0.3, 0.4) is 0 Å². The molecule has 27 heavy (non-hydrogen) atoms. The molecule has 1 aromatic carbocycles. The summed E-state index contributed by atoms with van der Waals surface area (Å²) in [5.41, 5.74) is 3.24. The number of pyridine rings is 1. The molecular weight excluding hydrogens is 373 g/mol. The third kappa shape index (κ3) is 4.14. The Morgan fingerprint density at radius 3 is 2.63 bits per heavy atom. The second-order valence-electron chi connectivity index (χ2n) is 6.51. The summed E-state index contributed by atoms with van der Waals surface area (Å²) in [4.78, 5) is 7.12. The Balaban J connectivity index is 1.64. The van der Waals surface area contributed by atoms with Crippen LogP contribution >= 0.6 is 11.3 Å². The Bertz CT molecular complexity index is 894. The quantitative estimate of drug-likeness (QED) is 0.733. The van der Waals surface area contributed by atoms with Crippen molar-refractivity contribution in [1.29, 1.82) is 0 Å². The number of halogens is 3. The fourth-order valence-corrected chi connectivity index (χ4v) is 4.57. The van der Waals surface area contributed by atoms with Crippen molar-refractivity contribution in [3.05, 3.63) is 81.8 Å². The van der Waals surface area contributed by atoms with E-state index in [1.54, 1.807) is 29.7 Å². The SMILES string of the molecule is FC(F)(F)Oc1ccc([C@H]2c3ccsc3CC[NH+]2Cc2ccccn2)cc1. The molecule has 0 spiro atoms. The van der Waals surface area contributed by atoms with E-state index in [9.17, 15) is 13.2 Å². The number of nitrogens with zero attached hydrogens (tertiary/aromatic N) is 1. The van der Waals surface area contributed by atoms with Gasteiger partial charge >= 0.3 is 6.36 Å². The van der Waals surface area contributed by atoms with Gasteiger partial charge in [0, 0.05) is 28.6 Å². The lowest BCUT2D eigenvalue weighted by molar-refractivity contribution is -0.941. The summed E-state index contributed by atoms with van der Waals surface area (Å²) in [6.45, 7) is 1.72. The molecule has 4 rings (SSSR count). The van der Waals surface area contributed by atoms with Crippen molar-refractivity contribution in [2.24, 2.45) is 0 Å². The Morgan fingerprint density at radius 1 is 1.11 bits per heavy atom. The summed E-state index contributed by atoms with van der Waals surface area (Å²) in [6.07, 6.45) is -1.89. The number of hydrogen-bond acceptors (Lipinski definition) is 3. The first-order valence-corrected chi connectivity index (χ1v) is 9.54. The van der Waals surface area contributed by atoms with Crippen LogP contribution in [0, 0.1) is 0 Å². The first-order valence-electron chi connectivity index (χ1n) is 8.66. The molecule has 0 saturated heterocycles. The van der Waals surface area contributed by atoms with Crippen LogP contribution in [0.15, 0.2) is 60.1 Å². The molecule has 0 fully saturated rings. The minimum atomic E-state index is -4.68. The van der Waals surface area contributed by atoms with E-state index in [1.807, 2.05) is 18.2 Å². The molecule has 1 aliphatic rings. The van der Waals surface area contributed by atoms with Gasteiger partial charge in [0.1, 0.15) is 18.3 Å². The van der Waals surface area contributed by atoms with Gasteiger partial charge < -0.3 is 9.64 Å². The summed E-state index contributed by atoms with van der Waals surface area (Å²) in [7, 11) is 0. The zero-order valence-corrected chi connectivity index (χ0v) is 15.2. The Kier molecular flexibility index (Phi) is 4.88. The molecule has 140 valence electrons. The van der Waals surface area contributed by atoms with Gasteiger partial charge in [-0.25, -0.2) is 0 Å². The second-order valence-corrected chi connectivity index (χ2v) is 7.51. The number of ether oxygens (including phenoxy) is 1. The van der Waals surface area contributed by atoms with E-state index in [0.717, 1.165) is 30.8 Å². The smallest absolute Gasteiger partial charge is 0.406 e. The van der Waals surface area contributed by atoms with Crippen LogP contribution in [0.25, 0.3) is 0 Å². The van der Waals surface area contributed by atoms with Crippen molar-refractivity contribution in [3.63, 3.8) is 0 Å². The molecule has 3 heterocycles. The lowest BCUT2D eigenvalue weighted by Gasteiger charge is -2.33. The van der Waals surface area contributed by atoms with Gasteiger partial charge in [-0.3, -0.25) is 4.98 Å². The molecule has 2 atom stereocenters. The highest BCUT2D eigenvalue weighted by Gasteiger charge is 2.34. The fourth-order valence-electron chi connectivity index (χ4n) is 3.65. The summed E-state index contributed by atoms with van der Waals surface area (Å²) >= 11 is 1.74. The first kappa shape index (κ1) is 18.0. The molecule has 1 unspecified atom stereocenters. The summed E-state index contributed by atoms with van der Waals surface area (Å²) < 4.78 is 41.3. The highest BCUT2D eigenvalue weighted by molar-refractivity contribution is 7.10. The molecule has 7 heteroatoms. The largest absolute Gasteiger partial charge is 0.573 e. The topological polar surface area (TPSA) is 26.6 Å². The van der Waals surface area contributed by atoms with Gasteiger partial charge in [0.05, 0.1) is 12.2 Å². The van der Waals surface area contributed by atoms with Gasteiger partial charge in [-0.1, -0.05) is 6.07 Å². The highest BCUT2D eigenvalue weighted by atomic mass is 32.1. The number of nitrogens with one attached hydrogen (secondary N) is 1. The van der Waals surface area contributed by atoms with E-state index in [4.69, 9.17) is 0 Å². The van der Waals surface area contributed by atoms with Gasteiger partial charge in [-0.05, 0) is 47.8 Å². The molecule has 1 aliphatic heterocycles. The summed E-state index contributed by atoms with van der Waals surface area (Å²) in [5.74, 6) is -0.195. The minimum absolute atomic E-state index is 0.0712. The first-order chi connectivity index (χ1) is 13.0. The van der Waals surface area contributed by atoms with E-state index in [1.165, 1.54) is 27.5 Å². The van der Waals surface area contributed by atoms with E-state index in [2.05, 4.69) is 21.2 Å². The van der Waals surface area contributed by atoms with Crippen molar-refractivity contribution < 1.29 is 22.8 Å². The number of thiophene rings is 1. The third-order valence-electron chi connectivity index (χ3n) is 4.75. The molecule has 3 aromatic rings. The van der Waals surface area contributed by atoms with Crippen molar-refractivity contribution in [2.45, 2.75) is 25.4 Å². The van der Waals surface area contributed by atoms with E-state index in [-0.39, 0.29) is 11.8 Å². The Hall–Kier alpha value is -2.38. The van der Waals surface area contributed by atoms with E-state index in [0.29, 0.717) is 0 Å². The van der Waals surface area contributed by atoms with Gasteiger partial charge in [-0.15, -0.1) is 24.5 Å². The zero-order valence-electron chi connectivity index (χ0n) is 14.4. The van der Waals surface area contributed by atoms with Gasteiger partial charge in [0.25, 0.3) is 0 Å². The number of aromatic nitrogens is 1. The van der Waals surface area contributed by atoms with Crippen molar-refractivity contribution in [1.82, 2.24) is 4.98 Å². The van der Waals surface area contributed by atoms with E-state index >= 15 is 0 Å². The van der Waals surface area contributed by atoms with Gasteiger partial charge in [-0.2, -0.15) is 0 Å². The molecular formula is C20H18F3N2OS+. The van der Waals surface area contributed by atoms with Crippen LogP contribution in [0.2, 0.25) is 0 Å².